The fraction of sp³-hybridized carbons (Fsp3) is 0.462. The van der Waals surface area contributed by atoms with E-state index in [9.17, 15) is 4.79 Å². The SMILES string of the molecule is COc1cccc2c1C(=O)N1CCNCC1CO2.Cl. The van der Waals surface area contributed by atoms with E-state index >= 15 is 0 Å². The summed E-state index contributed by atoms with van der Waals surface area (Å²) in [7, 11) is 1.57. The van der Waals surface area contributed by atoms with Crippen LogP contribution in [0.15, 0.2) is 18.2 Å². The van der Waals surface area contributed by atoms with Gasteiger partial charge in [-0.25, -0.2) is 0 Å². The first-order chi connectivity index (χ1) is 8.81. The number of nitrogens with zero attached hydrogens (tertiary/aromatic N) is 1. The number of carbonyl (C=O) groups excluding carboxylic acids is 1. The van der Waals surface area contributed by atoms with Crippen LogP contribution in [0.2, 0.25) is 0 Å². The van der Waals surface area contributed by atoms with Crippen LogP contribution in [-0.4, -0.2) is 50.2 Å². The molecule has 0 radical (unpaired) electrons. The summed E-state index contributed by atoms with van der Waals surface area (Å²) in [5.41, 5.74) is 0.546. The maximum Gasteiger partial charge on any atom is 0.261 e. The fourth-order valence-electron chi connectivity index (χ4n) is 2.52. The summed E-state index contributed by atoms with van der Waals surface area (Å²) in [5.74, 6) is 1.21. The first-order valence-corrected chi connectivity index (χ1v) is 6.12. The molecular formula is C13H17ClN2O3. The number of fused-ring (bicyclic) bond motifs is 2. The molecule has 1 aromatic rings. The third-order valence-electron chi connectivity index (χ3n) is 3.46. The lowest BCUT2D eigenvalue weighted by Crippen LogP contribution is -2.54. The second-order valence-electron chi connectivity index (χ2n) is 4.50. The predicted molar refractivity (Wildman–Crippen MR) is 73.4 cm³/mol. The average Bonchev–Trinajstić information content (AvgIpc) is 2.57. The summed E-state index contributed by atoms with van der Waals surface area (Å²) < 4.78 is 11.0. The number of amides is 1. The van der Waals surface area contributed by atoms with E-state index in [-0.39, 0.29) is 24.4 Å². The molecule has 1 N–H and O–H groups in total. The number of benzene rings is 1. The quantitative estimate of drug-likeness (QED) is 0.833. The minimum Gasteiger partial charge on any atom is -0.496 e. The van der Waals surface area contributed by atoms with Gasteiger partial charge in [0, 0.05) is 19.6 Å². The molecule has 104 valence electrons. The van der Waals surface area contributed by atoms with Crippen LogP contribution in [0, 0.1) is 0 Å². The summed E-state index contributed by atoms with van der Waals surface area (Å²) in [6.45, 7) is 2.85. The van der Waals surface area contributed by atoms with Crippen molar-refractivity contribution in [2.45, 2.75) is 6.04 Å². The van der Waals surface area contributed by atoms with Crippen molar-refractivity contribution >= 4 is 18.3 Å². The molecule has 1 fully saturated rings. The Morgan fingerprint density at radius 2 is 2.32 bits per heavy atom. The molecule has 1 saturated heterocycles. The Hall–Kier alpha value is -1.46. The van der Waals surface area contributed by atoms with Gasteiger partial charge < -0.3 is 19.7 Å². The molecule has 0 saturated carbocycles. The topological polar surface area (TPSA) is 50.8 Å². The van der Waals surface area contributed by atoms with Gasteiger partial charge in [0.2, 0.25) is 0 Å². The van der Waals surface area contributed by atoms with Gasteiger partial charge in [0.25, 0.3) is 5.91 Å². The van der Waals surface area contributed by atoms with Crippen LogP contribution in [-0.2, 0) is 0 Å². The molecule has 0 aliphatic carbocycles. The van der Waals surface area contributed by atoms with E-state index in [2.05, 4.69) is 5.32 Å². The highest BCUT2D eigenvalue weighted by Crippen LogP contribution is 2.32. The van der Waals surface area contributed by atoms with Crippen LogP contribution in [0.5, 0.6) is 11.5 Å². The third kappa shape index (κ3) is 2.35. The van der Waals surface area contributed by atoms with Gasteiger partial charge in [0.15, 0.2) is 0 Å². The minimum atomic E-state index is 0. The summed E-state index contributed by atoms with van der Waals surface area (Å²) >= 11 is 0. The first-order valence-electron chi connectivity index (χ1n) is 6.12. The largest absolute Gasteiger partial charge is 0.496 e. The number of rotatable bonds is 1. The maximum atomic E-state index is 12.6. The smallest absolute Gasteiger partial charge is 0.261 e. The number of nitrogens with one attached hydrogen (secondary N) is 1. The monoisotopic (exact) mass is 284 g/mol. The predicted octanol–water partition coefficient (Wildman–Crippen LogP) is 0.923. The molecule has 1 amide bonds. The highest BCUT2D eigenvalue weighted by molar-refractivity contribution is 6.00. The van der Waals surface area contributed by atoms with Crippen LogP contribution < -0.4 is 14.8 Å². The summed E-state index contributed by atoms with van der Waals surface area (Å²) in [6.07, 6.45) is 0. The number of carbonyl (C=O) groups is 1. The maximum absolute atomic E-state index is 12.6. The lowest BCUT2D eigenvalue weighted by atomic mass is 10.1. The molecule has 2 aliphatic rings. The molecule has 1 unspecified atom stereocenters. The van der Waals surface area contributed by atoms with Crippen molar-refractivity contribution < 1.29 is 14.3 Å². The number of halogens is 1. The van der Waals surface area contributed by atoms with Gasteiger partial charge in [-0.15, -0.1) is 12.4 Å². The second kappa shape index (κ2) is 5.67. The Morgan fingerprint density at radius 1 is 1.47 bits per heavy atom. The van der Waals surface area contributed by atoms with Crippen LogP contribution in [0.1, 0.15) is 10.4 Å². The molecule has 3 rings (SSSR count). The first kappa shape index (κ1) is 14.0. The van der Waals surface area contributed by atoms with Crippen molar-refractivity contribution in [3.63, 3.8) is 0 Å². The van der Waals surface area contributed by atoms with E-state index in [1.807, 2.05) is 17.0 Å². The molecule has 1 atom stereocenters. The molecule has 0 aromatic heterocycles. The number of ether oxygens (including phenoxy) is 2. The van der Waals surface area contributed by atoms with E-state index in [4.69, 9.17) is 9.47 Å². The van der Waals surface area contributed by atoms with Gasteiger partial charge in [-0.05, 0) is 12.1 Å². The van der Waals surface area contributed by atoms with E-state index in [0.29, 0.717) is 30.2 Å². The van der Waals surface area contributed by atoms with E-state index in [1.165, 1.54) is 0 Å². The molecule has 0 spiro atoms. The molecular weight excluding hydrogens is 268 g/mol. The lowest BCUT2D eigenvalue weighted by Gasteiger charge is -2.33. The van der Waals surface area contributed by atoms with Crippen molar-refractivity contribution in [1.82, 2.24) is 10.2 Å². The third-order valence-corrected chi connectivity index (χ3v) is 3.46. The zero-order valence-electron chi connectivity index (χ0n) is 10.7. The number of hydrogen-bond donors (Lipinski definition) is 1. The van der Waals surface area contributed by atoms with E-state index < -0.39 is 0 Å². The Balaban J connectivity index is 0.00000133. The van der Waals surface area contributed by atoms with Gasteiger partial charge in [-0.2, -0.15) is 0 Å². The minimum absolute atomic E-state index is 0. The van der Waals surface area contributed by atoms with Gasteiger partial charge in [-0.3, -0.25) is 4.79 Å². The lowest BCUT2D eigenvalue weighted by molar-refractivity contribution is 0.0604. The highest BCUT2D eigenvalue weighted by atomic mass is 35.5. The average molecular weight is 285 g/mol. The van der Waals surface area contributed by atoms with Crippen LogP contribution in [0.3, 0.4) is 0 Å². The summed E-state index contributed by atoms with van der Waals surface area (Å²) in [6, 6.07) is 5.56. The zero-order valence-corrected chi connectivity index (χ0v) is 11.5. The summed E-state index contributed by atoms with van der Waals surface area (Å²) in [4.78, 5) is 14.5. The van der Waals surface area contributed by atoms with Crippen molar-refractivity contribution in [3.05, 3.63) is 23.8 Å². The fourth-order valence-corrected chi connectivity index (χ4v) is 2.52. The normalized spacial score (nSPS) is 21.4. The van der Waals surface area contributed by atoms with Crippen molar-refractivity contribution in [1.29, 1.82) is 0 Å². The molecule has 2 heterocycles. The van der Waals surface area contributed by atoms with E-state index in [1.54, 1.807) is 13.2 Å². The van der Waals surface area contributed by atoms with Gasteiger partial charge in [0.1, 0.15) is 23.7 Å². The molecule has 2 aliphatic heterocycles. The van der Waals surface area contributed by atoms with Gasteiger partial charge in [0.05, 0.1) is 13.2 Å². The standard InChI is InChI=1S/C13H16N2O3.ClH/c1-17-10-3-2-4-11-12(10)13(16)15-6-5-14-7-9(15)8-18-11;/h2-4,9,14H,5-8H2,1H3;1H. The van der Waals surface area contributed by atoms with E-state index in [0.717, 1.165) is 13.1 Å². The number of hydrogen-bond acceptors (Lipinski definition) is 4. The van der Waals surface area contributed by atoms with Crippen molar-refractivity contribution in [3.8, 4) is 11.5 Å². The van der Waals surface area contributed by atoms with Gasteiger partial charge in [-0.1, -0.05) is 6.07 Å². The molecule has 0 bridgehead atoms. The highest BCUT2D eigenvalue weighted by Gasteiger charge is 2.34. The molecule has 6 heteroatoms. The molecule has 5 nitrogen and oxygen atoms in total. The van der Waals surface area contributed by atoms with Crippen molar-refractivity contribution in [2.75, 3.05) is 33.4 Å². The van der Waals surface area contributed by atoms with Crippen LogP contribution >= 0.6 is 12.4 Å². The Bertz CT molecular complexity index is 481. The molecule has 19 heavy (non-hydrogen) atoms. The number of methoxy groups -OCH3 is 1. The number of piperazine rings is 1. The van der Waals surface area contributed by atoms with Crippen LogP contribution in [0.25, 0.3) is 0 Å². The van der Waals surface area contributed by atoms with Crippen molar-refractivity contribution in [2.24, 2.45) is 0 Å². The molecule has 1 aromatic carbocycles. The Kier molecular flexibility index (Phi) is 4.17. The van der Waals surface area contributed by atoms with Gasteiger partial charge >= 0.3 is 0 Å². The Morgan fingerprint density at radius 3 is 3.11 bits per heavy atom. The Labute approximate surface area is 118 Å². The summed E-state index contributed by atoms with van der Waals surface area (Å²) in [5, 5.41) is 3.28. The van der Waals surface area contributed by atoms with Crippen LogP contribution in [0.4, 0.5) is 0 Å². The zero-order chi connectivity index (χ0) is 12.5. The second-order valence-corrected chi connectivity index (χ2v) is 4.50.